The van der Waals surface area contributed by atoms with Crippen LogP contribution in [0, 0.1) is 25.1 Å². The van der Waals surface area contributed by atoms with E-state index in [0.29, 0.717) is 0 Å². The van der Waals surface area contributed by atoms with Gasteiger partial charge in [-0.15, -0.1) is 12.3 Å². The van der Waals surface area contributed by atoms with Crippen molar-refractivity contribution in [1.29, 1.82) is 0 Å². The zero-order valence-corrected chi connectivity index (χ0v) is 10.1. The average molecular weight is 256 g/mol. The Kier molecular flexibility index (Phi) is 4.10. The van der Waals surface area contributed by atoms with Gasteiger partial charge in [-0.2, -0.15) is 0 Å². The van der Waals surface area contributed by atoms with Crippen LogP contribution in [0.4, 0.5) is 10.1 Å². The topological polar surface area (TPSA) is 72.2 Å². The lowest BCUT2D eigenvalue weighted by atomic mass is 10.2. The van der Waals surface area contributed by atoms with Crippen molar-refractivity contribution in [3.63, 3.8) is 0 Å². The number of nitrogens with one attached hydrogen (secondary N) is 1. The van der Waals surface area contributed by atoms with Crippen molar-refractivity contribution in [3.05, 3.63) is 23.5 Å². The van der Waals surface area contributed by atoms with Gasteiger partial charge in [-0.25, -0.2) is 17.5 Å². The standard InChI is InChI=1S/C11H13FN2O2S/c1-3-4-5-14-17(15,16)11-7-9(13)6-10(12)8(11)2/h1,6-7,14H,4-5,13H2,2H3. The number of halogens is 1. The van der Waals surface area contributed by atoms with Gasteiger partial charge in [0, 0.05) is 24.2 Å². The quantitative estimate of drug-likeness (QED) is 0.480. The third kappa shape index (κ3) is 3.19. The van der Waals surface area contributed by atoms with Crippen LogP contribution in [0.25, 0.3) is 0 Å². The van der Waals surface area contributed by atoms with Crippen LogP contribution in [0.1, 0.15) is 12.0 Å². The highest BCUT2D eigenvalue weighted by Crippen LogP contribution is 2.21. The first-order valence-electron chi connectivity index (χ1n) is 4.87. The average Bonchev–Trinajstić information content (AvgIpc) is 2.23. The zero-order chi connectivity index (χ0) is 13.1. The first kappa shape index (κ1) is 13.5. The molecule has 0 radical (unpaired) electrons. The minimum atomic E-state index is -3.77. The lowest BCUT2D eigenvalue weighted by Crippen LogP contribution is -2.25. The molecule has 0 aromatic heterocycles. The lowest BCUT2D eigenvalue weighted by molar-refractivity contribution is 0.575. The molecule has 0 aliphatic carbocycles. The van der Waals surface area contributed by atoms with Crippen LogP contribution in [-0.4, -0.2) is 15.0 Å². The van der Waals surface area contributed by atoms with Gasteiger partial charge in [0.15, 0.2) is 0 Å². The Morgan fingerprint density at radius 1 is 1.53 bits per heavy atom. The molecule has 6 heteroatoms. The predicted octanol–water partition coefficient (Wildman–Crippen LogP) is 1.02. The van der Waals surface area contributed by atoms with Crippen molar-refractivity contribution in [2.24, 2.45) is 0 Å². The Bertz CT molecular complexity index is 562. The van der Waals surface area contributed by atoms with Gasteiger partial charge in [0.05, 0.1) is 4.90 Å². The van der Waals surface area contributed by atoms with Crippen LogP contribution >= 0.6 is 0 Å². The molecule has 0 saturated carbocycles. The Labute approximate surface area is 100 Å². The molecule has 4 nitrogen and oxygen atoms in total. The SMILES string of the molecule is C#CCCNS(=O)(=O)c1cc(N)cc(F)c1C. The maximum atomic E-state index is 13.4. The maximum Gasteiger partial charge on any atom is 0.241 e. The van der Waals surface area contributed by atoms with Gasteiger partial charge in [-0.3, -0.25) is 0 Å². The summed E-state index contributed by atoms with van der Waals surface area (Å²) in [5, 5.41) is 0. The predicted molar refractivity (Wildman–Crippen MR) is 64.2 cm³/mol. The van der Waals surface area contributed by atoms with Gasteiger partial charge in [0.25, 0.3) is 0 Å². The number of hydrogen-bond donors (Lipinski definition) is 2. The molecule has 1 aromatic carbocycles. The molecule has 92 valence electrons. The minimum Gasteiger partial charge on any atom is -0.399 e. The Balaban J connectivity index is 3.12. The molecule has 0 saturated heterocycles. The monoisotopic (exact) mass is 256 g/mol. The van der Waals surface area contributed by atoms with Crippen molar-refractivity contribution in [2.75, 3.05) is 12.3 Å². The minimum absolute atomic E-state index is 0.0346. The van der Waals surface area contributed by atoms with E-state index in [1.54, 1.807) is 0 Å². The number of sulfonamides is 1. The van der Waals surface area contributed by atoms with Crippen LogP contribution < -0.4 is 10.5 Å². The molecule has 1 aromatic rings. The Morgan fingerprint density at radius 2 is 2.18 bits per heavy atom. The largest absolute Gasteiger partial charge is 0.399 e. The van der Waals surface area contributed by atoms with Crippen LogP contribution in [0.3, 0.4) is 0 Å². The molecule has 0 aliphatic rings. The number of hydrogen-bond acceptors (Lipinski definition) is 3. The van der Waals surface area contributed by atoms with E-state index < -0.39 is 15.8 Å². The third-order valence-electron chi connectivity index (χ3n) is 2.17. The molecule has 0 bridgehead atoms. The molecule has 0 aliphatic heterocycles. The molecule has 3 N–H and O–H groups in total. The van der Waals surface area contributed by atoms with Gasteiger partial charge in [0.1, 0.15) is 5.82 Å². The number of nitrogens with two attached hydrogens (primary N) is 1. The summed E-state index contributed by atoms with van der Waals surface area (Å²) >= 11 is 0. The Hall–Kier alpha value is -1.58. The molecule has 0 fully saturated rings. The van der Waals surface area contributed by atoms with E-state index in [9.17, 15) is 12.8 Å². The van der Waals surface area contributed by atoms with Gasteiger partial charge < -0.3 is 5.73 Å². The van der Waals surface area contributed by atoms with Gasteiger partial charge in [0.2, 0.25) is 10.0 Å². The summed E-state index contributed by atoms with van der Waals surface area (Å²) in [5.41, 5.74) is 5.51. The first-order chi connectivity index (χ1) is 7.88. The van der Waals surface area contributed by atoms with E-state index in [1.807, 2.05) is 0 Å². The number of anilines is 1. The van der Waals surface area contributed by atoms with Gasteiger partial charge in [-0.05, 0) is 19.1 Å². The number of terminal acetylenes is 1. The fourth-order valence-corrected chi connectivity index (χ4v) is 2.61. The van der Waals surface area contributed by atoms with Crippen LogP contribution in [0.2, 0.25) is 0 Å². The molecule has 1 rings (SSSR count). The summed E-state index contributed by atoms with van der Waals surface area (Å²) in [5.74, 6) is 1.65. The van der Waals surface area contributed by atoms with Crippen LogP contribution in [-0.2, 0) is 10.0 Å². The summed E-state index contributed by atoms with van der Waals surface area (Å²) < 4.78 is 39.3. The fourth-order valence-electron chi connectivity index (χ4n) is 1.29. The summed E-state index contributed by atoms with van der Waals surface area (Å²) in [6, 6.07) is 2.30. The van der Waals surface area contributed by atoms with Crippen molar-refractivity contribution in [3.8, 4) is 12.3 Å². The molecular weight excluding hydrogens is 243 g/mol. The van der Waals surface area contributed by atoms with Gasteiger partial charge >= 0.3 is 0 Å². The highest BCUT2D eigenvalue weighted by atomic mass is 32.2. The number of nitrogen functional groups attached to an aromatic ring is 1. The highest BCUT2D eigenvalue weighted by molar-refractivity contribution is 7.89. The molecule has 0 unspecified atom stereocenters. The molecular formula is C11H13FN2O2S. The second-order valence-corrected chi connectivity index (χ2v) is 5.21. The first-order valence-corrected chi connectivity index (χ1v) is 6.35. The van der Waals surface area contributed by atoms with E-state index in [-0.39, 0.29) is 29.1 Å². The van der Waals surface area contributed by atoms with E-state index in [2.05, 4.69) is 10.6 Å². The smallest absolute Gasteiger partial charge is 0.241 e. The fraction of sp³-hybridized carbons (Fsp3) is 0.273. The summed E-state index contributed by atoms with van der Waals surface area (Å²) in [4.78, 5) is -0.160. The van der Waals surface area contributed by atoms with Crippen molar-refractivity contribution < 1.29 is 12.8 Å². The zero-order valence-electron chi connectivity index (χ0n) is 9.33. The number of benzene rings is 1. The van der Waals surface area contributed by atoms with E-state index in [1.165, 1.54) is 13.0 Å². The summed E-state index contributed by atoms with van der Waals surface area (Å²) in [7, 11) is -3.77. The van der Waals surface area contributed by atoms with Crippen molar-refractivity contribution >= 4 is 15.7 Å². The van der Waals surface area contributed by atoms with Crippen molar-refractivity contribution in [2.45, 2.75) is 18.2 Å². The number of rotatable bonds is 4. The summed E-state index contributed by atoms with van der Waals surface area (Å²) in [6.45, 7) is 1.49. The molecule has 0 heterocycles. The van der Waals surface area contributed by atoms with Crippen molar-refractivity contribution in [1.82, 2.24) is 4.72 Å². The molecule has 0 spiro atoms. The summed E-state index contributed by atoms with van der Waals surface area (Å²) in [6.07, 6.45) is 5.28. The van der Waals surface area contributed by atoms with E-state index in [0.717, 1.165) is 6.07 Å². The van der Waals surface area contributed by atoms with E-state index >= 15 is 0 Å². The van der Waals surface area contributed by atoms with Gasteiger partial charge in [-0.1, -0.05) is 0 Å². The second-order valence-electron chi connectivity index (χ2n) is 3.48. The third-order valence-corrected chi connectivity index (χ3v) is 3.76. The van der Waals surface area contributed by atoms with Crippen LogP contribution in [0.5, 0.6) is 0 Å². The van der Waals surface area contributed by atoms with E-state index in [4.69, 9.17) is 12.2 Å². The molecule has 0 amide bonds. The molecule has 0 atom stereocenters. The normalized spacial score (nSPS) is 11.1. The highest BCUT2D eigenvalue weighted by Gasteiger charge is 2.19. The second kappa shape index (κ2) is 5.17. The molecule has 17 heavy (non-hydrogen) atoms. The maximum absolute atomic E-state index is 13.4. The Morgan fingerprint density at radius 3 is 2.76 bits per heavy atom. The lowest BCUT2D eigenvalue weighted by Gasteiger charge is -2.10. The van der Waals surface area contributed by atoms with Crippen LogP contribution in [0.15, 0.2) is 17.0 Å².